The normalized spacial score (nSPS) is 16.0. The molecule has 14 nitrogen and oxygen atoms in total. The molecule has 1 aliphatic carbocycles. The minimum atomic E-state index is -0.854. The maximum atomic E-state index is 13.8. The molecule has 56 heavy (non-hydrogen) atoms. The number of H-pyrrole nitrogens is 1. The Balaban J connectivity index is 1.26. The first-order valence-corrected chi connectivity index (χ1v) is 19.1. The SMILES string of the molecule is C=Cc1cc(C(=O)NCC[NH+](C)C)ccc1-c1ccc(C[C@H](NC(=O)C2CCC(CNC(=O)OC(C)(C)C)CC2)C(=O)Nc2ccc(-c3nn[nH]n3)cc2)cc1. The summed E-state index contributed by atoms with van der Waals surface area (Å²) in [5.74, 6) is -0.228. The van der Waals surface area contributed by atoms with Crippen LogP contribution in [0.1, 0.15) is 67.9 Å². The van der Waals surface area contributed by atoms with Gasteiger partial charge in [0.15, 0.2) is 0 Å². The van der Waals surface area contributed by atoms with Gasteiger partial charge in [-0.3, -0.25) is 14.4 Å². The summed E-state index contributed by atoms with van der Waals surface area (Å²) in [5, 5.41) is 25.9. The Hall–Kier alpha value is -5.89. The van der Waals surface area contributed by atoms with E-state index in [0.717, 1.165) is 47.2 Å². The maximum absolute atomic E-state index is 13.8. The van der Waals surface area contributed by atoms with Gasteiger partial charge in [0.1, 0.15) is 11.6 Å². The summed E-state index contributed by atoms with van der Waals surface area (Å²) in [6.07, 6.45) is 4.39. The average molecular weight is 765 g/mol. The number of nitrogens with one attached hydrogen (secondary N) is 6. The number of nitrogens with zero attached hydrogens (tertiary/aromatic N) is 3. The zero-order valence-corrected chi connectivity index (χ0v) is 32.9. The number of hydrogen-bond donors (Lipinski definition) is 6. The summed E-state index contributed by atoms with van der Waals surface area (Å²) in [4.78, 5) is 53.7. The van der Waals surface area contributed by atoms with Gasteiger partial charge in [-0.15, -0.1) is 10.2 Å². The lowest BCUT2D eigenvalue weighted by atomic mass is 9.81. The topological polar surface area (TPSA) is 185 Å². The summed E-state index contributed by atoms with van der Waals surface area (Å²) in [6.45, 7) is 11.3. The number of quaternary nitrogens is 1. The van der Waals surface area contributed by atoms with Gasteiger partial charge < -0.3 is 30.9 Å². The predicted octanol–water partition coefficient (Wildman–Crippen LogP) is 4.05. The van der Waals surface area contributed by atoms with Gasteiger partial charge in [0, 0.05) is 35.7 Å². The smallest absolute Gasteiger partial charge is 0.407 e. The number of aromatic nitrogens is 4. The molecular weight excluding hydrogens is 711 g/mol. The van der Waals surface area contributed by atoms with E-state index in [1.54, 1.807) is 30.3 Å². The van der Waals surface area contributed by atoms with Crippen LogP contribution in [0.4, 0.5) is 10.5 Å². The molecule has 0 radical (unpaired) electrons. The second-order valence-corrected chi connectivity index (χ2v) is 15.6. The van der Waals surface area contributed by atoms with Crippen molar-refractivity contribution < 1.29 is 28.8 Å². The molecule has 1 atom stereocenters. The molecule has 4 aromatic rings. The highest BCUT2D eigenvalue weighted by atomic mass is 16.6. The van der Waals surface area contributed by atoms with E-state index in [4.69, 9.17) is 4.74 Å². The van der Waals surface area contributed by atoms with Crippen LogP contribution in [0, 0.1) is 11.8 Å². The van der Waals surface area contributed by atoms with Crippen molar-refractivity contribution in [1.29, 1.82) is 0 Å². The molecule has 0 bridgehead atoms. The minimum Gasteiger partial charge on any atom is -0.444 e. The first-order chi connectivity index (χ1) is 26.8. The molecule has 4 amide bonds. The van der Waals surface area contributed by atoms with E-state index in [0.29, 0.717) is 43.0 Å². The molecule has 1 fully saturated rings. The van der Waals surface area contributed by atoms with E-state index < -0.39 is 17.7 Å². The number of amides is 4. The Bertz CT molecular complexity index is 1950. The summed E-state index contributed by atoms with van der Waals surface area (Å²) in [7, 11) is 4.08. The average Bonchev–Trinajstić information content (AvgIpc) is 3.72. The van der Waals surface area contributed by atoms with E-state index in [1.165, 1.54) is 4.90 Å². The van der Waals surface area contributed by atoms with Gasteiger partial charge in [0.25, 0.3) is 5.91 Å². The second kappa shape index (κ2) is 19.1. The fourth-order valence-electron chi connectivity index (χ4n) is 6.61. The fourth-order valence-corrected chi connectivity index (χ4v) is 6.61. The van der Waals surface area contributed by atoms with E-state index in [-0.39, 0.29) is 36.0 Å². The Morgan fingerprint density at radius 2 is 1.64 bits per heavy atom. The Morgan fingerprint density at radius 1 is 0.946 bits per heavy atom. The summed E-state index contributed by atoms with van der Waals surface area (Å²) in [5.41, 5.74) is 4.82. The van der Waals surface area contributed by atoms with Gasteiger partial charge in [0.05, 0.1) is 27.2 Å². The Labute approximate surface area is 328 Å². The number of hydrogen-bond acceptors (Lipinski definition) is 8. The van der Waals surface area contributed by atoms with E-state index in [2.05, 4.69) is 48.5 Å². The molecule has 5 rings (SSSR count). The van der Waals surface area contributed by atoms with Crippen molar-refractivity contribution in [1.82, 2.24) is 36.6 Å². The molecule has 0 saturated heterocycles. The van der Waals surface area contributed by atoms with Crippen LogP contribution >= 0.6 is 0 Å². The van der Waals surface area contributed by atoms with Gasteiger partial charge in [-0.25, -0.2) is 4.79 Å². The van der Waals surface area contributed by atoms with Crippen LogP contribution < -0.4 is 26.2 Å². The number of ether oxygens (including phenoxy) is 1. The van der Waals surface area contributed by atoms with Crippen molar-refractivity contribution in [3.63, 3.8) is 0 Å². The van der Waals surface area contributed by atoms with Crippen LogP contribution in [0.25, 0.3) is 28.6 Å². The van der Waals surface area contributed by atoms with Crippen LogP contribution in [0.2, 0.25) is 0 Å². The van der Waals surface area contributed by atoms with Gasteiger partial charge in [-0.1, -0.05) is 43.0 Å². The lowest BCUT2D eigenvalue weighted by Gasteiger charge is -2.29. The van der Waals surface area contributed by atoms with Gasteiger partial charge >= 0.3 is 6.09 Å². The first-order valence-electron chi connectivity index (χ1n) is 19.1. The van der Waals surface area contributed by atoms with Gasteiger partial charge in [-0.2, -0.15) is 5.21 Å². The molecule has 3 aromatic carbocycles. The number of anilines is 1. The molecule has 14 heteroatoms. The summed E-state index contributed by atoms with van der Waals surface area (Å²) < 4.78 is 5.36. The molecule has 1 heterocycles. The molecule has 1 aliphatic rings. The van der Waals surface area contributed by atoms with Crippen molar-refractivity contribution >= 4 is 35.6 Å². The maximum Gasteiger partial charge on any atom is 0.407 e. The van der Waals surface area contributed by atoms with Crippen LogP contribution in [-0.2, 0) is 20.7 Å². The zero-order valence-electron chi connectivity index (χ0n) is 32.9. The monoisotopic (exact) mass is 764 g/mol. The highest BCUT2D eigenvalue weighted by Gasteiger charge is 2.30. The van der Waals surface area contributed by atoms with Crippen molar-refractivity contribution in [2.75, 3.05) is 39.0 Å². The Kier molecular flexibility index (Phi) is 14.1. The number of rotatable bonds is 15. The van der Waals surface area contributed by atoms with Gasteiger partial charge in [0.2, 0.25) is 17.6 Å². The van der Waals surface area contributed by atoms with E-state index in [1.807, 2.05) is 77.3 Å². The van der Waals surface area contributed by atoms with E-state index >= 15 is 0 Å². The predicted molar refractivity (Wildman–Crippen MR) is 216 cm³/mol. The van der Waals surface area contributed by atoms with Crippen LogP contribution in [-0.4, -0.2) is 89.8 Å². The van der Waals surface area contributed by atoms with Crippen molar-refractivity contribution in [3.8, 4) is 22.5 Å². The third-order valence-corrected chi connectivity index (χ3v) is 9.69. The minimum absolute atomic E-state index is 0.131. The molecule has 0 aliphatic heterocycles. The third-order valence-electron chi connectivity index (χ3n) is 9.69. The molecule has 0 spiro atoms. The number of carbonyl (C=O) groups excluding carboxylic acids is 4. The van der Waals surface area contributed by atoms with Gasteiger partial charge in [-0.05, 0) is 116 Å². The second-order valence-electron chi connectivity index (χ2n) is 15.6. The number of tetrazole rings is 1. The molecule has 0 unspecified atom stereocenters. The molecule has 1 aromatic heterocycles. The lowest BCUT2D eigenvalue weighted by Crippen LogP contribution is -3.06. The van der Waals surface area contributed by atoms with Crippen molar-refractivity contribution in [2.45, 2.75) is 64.5 Å². The van der Waals surface area contributed by atoms with E-state index in [9.17, 15) is 19.2 Å². The molecule has 296 valence electrons. The highest BCUT2D eigenvalue weighted by molar-refractivity contribution is 5.98. The fraction of sp³-hybridized carbons (Fsp3) is 0.405. The number of alkyl carbamates (subject to hydrolysis) is 1. The Morgan fingerprint density at radius 3 is 2.27 bits per heavy atom. The third kappa shape index (κ3) is 12.1. The first kappa shape index (κ1) is 41.3. The summed E-state index contributed by atoms with van der Waals surface area (Å²) in [6, 6.07) is 19.6. The van der Waals surface area contributed by atoms with Crippen LogP contribution in [0.3, 0.4) is 0 Å². The quantitative estimate of drug-likeness (QED) is 0.105. The highest BCUT2D eigenvalue weighted by Crippen LogP contribution is 2.30. The number of carbonyl (C=O) groups is 4. The largest absolute Gasteiger partial charge is 0.444 e. The molecule has 1 saturated carbocycles. The van der Waals surface area contributed by atoms with Crippen molar-refractivity contribution in [2.24, 2.45) is 11.8 Å². The van der Waals surface area contributed by atoms with Crippen LogP contribution in [0.5, 0.6) is 0 Å². The van der Waals surface area contributed by atoms with Crippen LogP contribution in [0.15, 0.2) is 73.3 Å². The molecular formula is C42H54N9O5+. The summed E-state index contributed by atoms with van der Waals surface area (Å²) >= 11 is 0. The number of likely N-dealkylation sites (N-methyl/N-ethyl adjacent to an activating group) is 1. The zero-order chi connectivity index (χ0) is 40.2. The van der Waals surface area contributed by atoms with Crippen molar-refractivity contribution in [3.05, 3.63) is 90.0 Å². The standard InChI is InChI=1S/C42H53N9O5/c1-7-29-25-33(38(52)43-22-23-51(5)6)18-21-35(29)30-12-8-27(9-13-30)24-36(40(54)45-34-19-16-31(17-20-34)37-47-49-50-48-37)46-39(53)32-14-10-28(11-15-32)26-44-41(55)56-42(2,3)4/h7-9,12-13,16-21,25,28,32,36H,1,10-11,14-15,22-24,26H2,2-6H3,(H,43,52)(H,44,55)(H,45,54)(H,46,53)(H,47,48,49,50)/p+1/t28?,32?,36-/m0/s1. The lowest BCUT2D eigenvalue weighted by molar-refractivity contribution is -0.856. The number of benzene rings is 3. The number of aromatic amines is 1. The molecule has 6 N–H and O–H groups in total.